The molecule has 0 saturated heterocycles. The summed E-state index contributed by atoms with van der Waals surface area (Å²) in [7, 11) is 0. The van der Waals surface area contributed by atoms with Crippen LogP contribution in [0.1, 0.15) is 12.5 Å². The molecule has 3 N–H and O–H groups in total. The summed E-state index contributed by atoms with van der Waals surface area (Å²) in [4.78, 5) is 13.2. The van der Waals surface area contributed by atoms with E-state index in [0.29, 0.717) is 6.54 Å². The molecule has 0 saturated carbocycles. The molecule has 2 aromatic carbocycles. The number of nitrogens with one attached hydrogen (secondary N) is 1. The van der Waals surface area contributed by atoms with E-state index < -0.39 is 0 Å². The van der Waals surface area contributed by atoms with Crippen molar-refractivity contribution >= 4 is 23.4 Å². The Morgan fingerprint density at radius 2 is 1.80 bits per heavy atom. The van der Waals surface area contributed by atoms with Crippen molar-refractivity contribution in [2.75, 3.05) is 5.32 Å². The number of carbonyl (C=O) groups excluding carboxylic acids is 1. The Labute approximate surface area is 123 Å². The summed E-state index contributed by atoms with van der Waals surface area (Å²) in [6, 6.07) is 17.5. The second-order valence-electron chi connectivity index (χ2n) is 4.46. The third-order valence-electron chi connectivity index (χ3n) is 2.88. The summed E-state index contributed by atoms with van der Waals surface area (Å²) < 4.78 is 0. The Morgan fingerprint density at radius 3 is 2.40 bits per heavy atom. The van der Waals surface area contributed by atoms with Crippen LogP contribution in [-0.2, 0) is 11.3 Å². The van der Waals surface area contributed by atoms with Gasteiger partial charge in [-0.05, 0) is 36.8 Å². The molecule has 0 spiro atoms. The Balaban J connectivity index is 1.93. The topological polar surface area (TPSA) is 55.1 Å². The number of amides is 1. The van der Waals surface area contributed by atoms with Crippen molar-refractivity contribution in [3.05, 3.63) is 60.2 Å². The zero-order valence-corrected chi connectivity index (χ0v) is 12.2. The highest BCUT2D eigenvalue weighted by molar-refractivity contribution is 8.00. The van der Waals surface area contributed by atoms with E-state index in [0.717, 1.165) is 16.1 Å². The third-order valence-corrected chi connectivity index (χ3v) is 3.99. The molecule has 0 aliphatic carbocycles. The summed E-state index contributed by atoms with van der Waals surface area (Å²) in [6.07, 6.45) is 0. The Bertz CT molecular complexity index is 554. The lowest BCUT2D eigenvalue weighted by Crippen LogP contribution is -2.22. The fourth-order valence-corrected chi connectivity index (χ4v) is 2.59. The van der Waals surface area contributed by atoms with E-state index in [1.165, 1.54) is 11.8 Å². The first-order valence-corrected chi connectivity index (χ1v) is 7.38. The van der Waals surface area contributed by atoms with Crippen molar-refractivity contribution in [1.82, 2.24) is 0 Å². The van der Waals surface area contributed by atoms with Crippen LogP contribution in [0.5, 0.6) is 0 Å². The Kier molecular flexibility index (Phi) is 5.21. The number of carbonyl (C=O) groups is 1. The molecule has 104 valence electrons. The van der Waals surface area contributed by atoms with Crippen LogP contribution in [0.15, 0.2) is 59.5 Å². The maximum atomic E-state index is 12.1. The molecule has 0 aliphatic rings. The van der Waals surface area contributed by atoms with E-state index in [9.17, 15) is 4.79 Å². The predicted octanol–water partition coefficient (Wildman–Crippen LogP) is 3.26. The minimum atomic E-state index is -0.154. The smallest absolute Gasteiger partial charge is 0.237 e. The zero-order chi connectivity index (χ0) is 14.4. The van der Waals surface area contributed by atoms with Gasteiger partial charge in [0.2, 0.25) is 5.91 Å². The van der Waals surface area contributed by atoms with Crippen LogP contribution in [-0.4, -0.2) is 11.2 Å². The number of para-hydroxylation sites is 1. The van der Waals surface area contributed by atoms with Gasteiger partial charge in [-0.2, -0.15) is 0 Å². The molecule has 2 aromatic rings. The molecule has 3 nitrogen and oxygen atoms in total. The van der Waals surface area contributed by atoms with Crippen molar-refractivity contribution in [2.45, 2.75) is 23.6 Å². The zero-order valence-electron chi connectivity index (χ0n) is 11.4. The minimum absolute atomic E-state index is 0.00380. The quantitative estimate of drug-likeness (QED) is 0.829. The number of nitrogens with two attached hydrogens (primary N) is 1. The second kappa shape index (κ2) is 7.12. The number of rotatable bonds is 5. The Morgan fingerprint density at radius 1 is 1.15 bits per heavy atom. The highest BCUT2D eigenvalue weighted by Gasteiger charge is 2.14. The van der Waals surface area contributed by atoms with E-state index in [1.54, 1.807) is 0 Å². The van der Waals surface area contributed by atoms with Crippen molar-refractivity contribution in [3.63, 3.8) is 0 Å². The number of anilines is 1. The van der Waals surface area contributed by atoms with Crippen LogP contribution in [0.25, 0.3) is 0 Å². The van der Waals surface area contributed by atoms with E-state index in [1.807, 2.05) is 61.5 Å². The van der Waals surface area contributed by atoms with Gasteiger partial charge in [-0.15, -0.1) is 11.8 Å². The normalized spacial score (nSPS) is 11.9. The minimum Gasteiger partial charge on any atom is -0.326 e. The average molecular weight is 286 g/mol. The van der Waals surface area contributed by atoms with Crippen LogP contribution in [0.3, 0.4) is 0 Å². The van der Waals surface area contributed by atoms with E-state index in [4.69, 9.17) is 5.73 Å². The fraction of sp³-hybridized carbons (Fsp3) is 0.188. The maximum Gasteiger partial charge on any atom is 0.237 e. The molecule has 1 amide bonds. The molecular formula is C16H18N2OS. The van der Waals surface area contributed by atoms with Gasteiger partial charge in [0, 0.05) is 17.1 Å². The lowest BCUT2D eigenvalue weighted by Gasteiger charge is -2.12. The van der Waals surface area contributed by atoms with Gasteiger partial charge in [0.1, 0.15) is 0 Å². The van der Waals surface area contributed by atoms with Gasteiger partial charge in [-0.3, -0.25) is 4.79 Å². The van der Waals surface area contributed by atoms with Crippen molar-refractivity contribution < 1.29 is 4.79 Å². The number of hydrogen-bond donors (Lipinski definition) is 2. The molecule has 2 rings (SSSR count). The molecule has 0 aromatic heterocycles. The van der Waals surface area contributed by atoms with E-state index in [-0.39, 0.29) is 11.2 Å². The summed E-state index contributed by atoms with van der Waals surface area (Å²) >= 11 is 1.54. The predicted molar refractivity (Wildman–Crippen MR) is 84.7 cm³/mol. The standard InChI is InChI=1S/C16H18N2OS/c1-12(16(19)18-14-5-3-2-4-6-14)20-15-9-7-13(11-17)8-10-15/h2-10,12H,11,17H2,1H3,(H,18,19). The van der Waals surface area contributed by atoms with Gasteiger partial charge in [-0.1, -0.05) is 30.3 Å². The van der Waals surface area contributed by atoms with Gasteiger partial charge in [0.15, 0.2) is 0 Å². The summed E-state index contributed by atoms with van der Waals surface area (Å²) in [6.45, 7) is 2.44. The maximum absolute atomic E-state index is 12.1. The molecule has 4 heteroatoms. The van der Waals surface area contributed by atoms with Crippen molar-refractivity contribution in [3.8, 4) is 0 Å². The molecule has 1 unspecified atom stereocenters. The van der Waals surface area contributed by atoms with Crippen molar-refractivity contribution in [1.29, 1.82) is 0 Å². The van der Waals surface area contributed by atoms with Gasteiger partial charge in [-0.25, -0.2) is 0 Å². The largest absolute Gasteiger partial charge is 0.326 e. The highest BCUT2D eigenvalue weighted by atomic mass is 32.2. The summed E-state index contributed by atoms with van der Waals surface area (Å²) in [5.41, 5.74) is 7.48. The monoisotopic (exact) mass is 286 g/mol. The van der Waals surface area contributed by atoms with Crippen LogP contribution in [0.2, 0.25) is 0 Å². The highest BCUT2D eigenvalue weighted by Crippen LogP contribution is 2.24. The van der Waals surface area contributed by atoms with Gasteiger partial charge >= 0.3 is 0 Å². The number of thioether (sulfide) groups is 1. The number of hydrogen-bond acceptors (Lipinski definition) is 3. The molecule has 0 heterocycles. The lowest BCUT2D eigenvalue weighted by molar-refractivity contribution is -0.115. The van der Waals surface area contributed by atoms with Crippen LogP contribution >= 0.6 is 11.8 Å². The Hall–Kier alpha value is -1.78. The molecule has 1 atom stereocenters. The molecule has 0 aliphatic heterocycles. The first-order valence-electron chi connectivity index (χ1n) is 6.50. The SMILES string of the molecule is CC(Sc1ccc(CN)cc1)C(=O)Nc1ccccc1. The fourth-order valence-electron chi connectivity index (χ4n) is 1.73. The average Bonchev–Trinajstić information content (AvgIpc) is 2.49. The molecule has 20 heavy (non-hydrogen) atoms. The summed E-state index contributed by atoms with van der Waals surface area (Å²) in [5, 5.41) is 2.75. The van der Waals surface area contributed by atoms with Gasteiger partial charge in [0.05, 0.1) is 5.25 Å². The van der Waals surface area contributed by atoms with Gasteiger partial charge in [0.25, 0.3) is 0 Å². The van der Waals surface area contributed by atoms with E-state index >= 15 is 0 Å². The second-order valence-corrected chi connectivity index (χ2v) is 5.88. The molecule has 0 fully saturated rings. The van der Waals surface area contributed by atoms with Crippen LogP contribution < -0.4 is 11.1 Å². The lowest BCUT2D eigenvalue weighted by atomic mass is 10.2. The molecular weight excluding hydrogens is 268 g/mol. The van der Waals surface area contributed by atoms with Gasteiger partial charge < -0.3 is 11.1 Å². The first-order chi connectivity index (χ1) is 9.69. The van der Waals surface area contributed by atoms with Crippen molar-refractivity contribution in [2.24, 2.45) is 5.73 Å². The first kappa shape index (κ1) is 14.6. The van der Waals surface area contributed by atoms with Crippen LogP contribution in [0, 0.1) is 0 Å². The summed E-state index contributed by atoms with van der Waals surface area (Å²) in [5.74, 6) is 0.00380. The number of benzene rings is 2. The van der Waals surface area contributed by atoms with Crippen LogP contribution in [0.4, 0.5) is 5.69 Å². The third kappa shape index (κ3) is 4.11. The molecule has 0 radical (unpaired) electrons. The van der Waals surface area contributed by atoms with E-state index in [2.05, 4.69) is 5.32 Å². The molecule has 0 bridgehead atoms.